The highest BCUT2D eigenvalue weighted by Crippen LogP contribution is 2.17. The van der Waals surface area contributed by atoms with E-state index in [1.165, 1.54) is 11.1 Å². The van der Waals surface area contributed by atoms with Crippen LogP contribution in [0.5, 0.6) is 0 Å². The first-order chi connectivity index (χ1) is 4.24. The molecule has 0 amide bonds. The zero-order valence-electron chi connectivity index (χ0n) is 6.15. The fraction of sp³-hybridized carbons (Fsp3) is 0.500. The van der Waals surface area contributed by atoms with Crippen LogP contribution in [0.3, 0.4) is 0 Å². The molecular weight excluding hydrogens is 110 g/mol. The molecule has 1 aliphatic heterocycles. The first kappa shape index (κ1) is 6.56. The second-order valence-corrected chi connectivity index (χ2v) is 2.59. The Hall–Kier alpha value is -0.560. The van der Waals surface area contributed by atoms with Gasteiger partial charge in [0.2, 0.25) is 0 Å². The molecule has 1 heterocycles. The van der Waals surface area contributed by atoms with Crippen LogP contribution in [0.25, 0.3) is 0 Å². The summed E-state index contributed by atoms with van der Waals surface area (Å²) in [5.41, 5.74) is 2.68. The third kappa shape index (κ3) is 1.22. The Balaban J connectivity index is 2.70. The van der Waals surface area contributed by atoms with Crippen LogP contribution >= 0.6 is 0 Å². The van der Waals surface area contributed by atoms with Crippen LogP contribution in [0.1, 0.15) is 6.92 Å². The highest BCUT2D eigenvalue weighted by atomic mass is 15.1. The van der Waals surface area contributed by atoms with Crippen molar-refractivity contribution < 1.29 is 0 Å². The maximum atomic E-state index is 3.95. The first-order valence-corrected chi connectivity index (χ1v) is 3.26. The molecule has 0 bridgehead atoms. The van der Waals surface area contributed by atoms with E-state index in [1.54, 1.807) is 0 Å². The molecule has 0 radical (unpaired) electrons. The van der Waals surface area contributed by atoms with E-state index in [-0.39, 0.29) is 0 Å². The molecule has 0 aromatic rings. The van der Waals surface area contributed by atoms with Crippen molar-refractivity contribution in [2.75, 3.05) is 20.1 Å². The Bertz CT molecular complexity index is 156. The van der Waals surface area contributed by atoms with Gasteiger partial charge in [0.15, 0.2) is 0 Å². The van der Waals surface area contributed by atoms with Crippen molar-refractivity contribution >= 4 is 0 Å². The van der Waals surface area contributed by atoms with Gasteiger partial charge in [-0.25, -0.2) is 0 Å². The normalized spacial score (nSPS) is 26.0. The summed E-state index contributed by atoms with van der Waals surface area (Å²) < 4.78 is 0. The summed E-state index contributed by atoms with van der Waals surface area (Å²) in [7, 11) is 2.11. The lowest BCUT2D eigenvalue weighted by molar-refractivity contribution is 0.437. The number of nitrogens with zero attached hydrogens (tertiary/aromatic N) is 1. The highest BCUT2D eigenvalue weighted by Gasteiger charge is 2.14. The maximum Gasteiger partial charge on any atom is 0.0233 e. The molecule has 0 aliphatic carbocycles. The van der Waals surface area contributed by atoms with Crippen LogP contribution in [0.15, 0.2) is 23.8 Å². The van der Waals surface area contributed by atoms with Crippen LogP contribution < -0.4 is 0 Å². The van der Waals surface area contributed by atoms with Gasteiger partial charge in [0.05, 0.1) is 0 Å². The monoisotopic (exact) mass is 123 g/mol. The Kier molecular flexibility index (Phi) is 1.72. The fourth-order valence-electron chi connectivity index (χ4n) is 1.18. The predicted octanol–water partition coefficient (Wildman–Crippen LogP) is 1.43. The van der Waals surface area contributed by atoms with Crippen molar-refractivity contribution in [2.24, 2.45) is 0 Å². The maximum absolute atomic E-state index is 3.95. The largest absolute Gasteiger partial charge is 0.298 e. The minimum atomic E-state index is 1.04. The second kappa shape index (κ2) is 2.36. The molecule has 50 valence electrons. The smallest absolute Gasteiger partial charge is 0.0233 e. The molecule has 9 heavy (non-hydrogen) atoms. The summed E-state index contributed by atoms with van der Waals surface area (Å²) in [6.07, 6.45) is 2.14. The molecule has 1 rings (SSSR count). The van der Waals surface area contributed by atoms with E-state index >= 15 is 0 Å². The molecule has 0 saturated carbocycles. The van der Waals surface area contributed by atoms with Crippen LogP contribution in [-0.2, 0) is 0 Å². The van der Waals surface area contributed by atoms with Gasteiger partial charge in [-0.1, -0.05) is 12.7 Å². The Morgan fingerprint density at radius 2 is 2.22 bits per heavy atom. The molecule has 1 nitrogen and oxygen atoms in total. The molecule has 0 N–H and O–H groups in total. The van der Waals surface area contributed by atoms with Crippen molar-refractivity contribution in [3.8, 4) is 0 Å². The molecule has 0 aromatic heterocycles. The number of rotatable bonds is 0. The predicted molar refractivity (Wildman–Crippen MR) is 40.4 cm³/mol. The molecule has 0 unspecified atom stereocenters. The molecule has 1 heteroatoms. The number of allylic oxidation sites excluding steroid dienone is 1. The minimum absolute atomic E-state index is 1.04. The van der Waals surface area contributed by atoms with E-state index < -0.39 is 0 Å². The van der Waals surface area contributed by atoms with E-state index in [1.807, 2.05) is 0 Å². The first-order valence-electron chi connectivity index (χ1n) is 3.26. The molecule has 1 aliphatic rings. The zero-order chi connectivity index (χ0) is 6.85. The average Bonchev–Trinajstić information content (AvgIpc) is 2.10. The SMILES string of the molecule is C=C1CN(C)C/C1=C/C. The molecule has 0 atom stereocenters. The molecule has 0 aromatic carbocycles. The minimum Gasteiger partial charge on any atom is -0.298 e. The molecule has 0 spiro atoms. The topological polar surface area (TPSA) is 3.24 Å². The number of hydrogen-bond acceptors (Lipinski definition) is 1. The van der Waals surface area contributed by atoms with Crippen molar-refractivity contribution in [3.05, 3.63) is 23.8 Å². The highest BCUT2D eigenvalue weighted by molar-refractivity contribution is 5.34. The summed E-state index contributed by atoms with van der Waals surface area (Å²) in [6, 6.07) is 0. The van der Waals surface area contributed by atoms with Gasteiger partial charge in [0, 0.05) is 13.1 Å². The van der Waals surface area contributed by atoms with E-state index in [0.29, 0.717) is 0 Å². The van der Waals surface area contributed by atoms with Crippen molar-refractivity contribution in [3.63, 3.8) is 0 Å². The van der Waals surface area contributed by atoms with Crippen molar-refractivity contribution in [1.29, 1.82) is 0 Å². The lowest BCUT2D eigenvalue weighted by atomic mass is 10.2. The Labute approximate surface area is 56.7 Å². The lowest BCUT2D eigenvalue weighted by Gasteiger charge is -2.01. The van der Waals surface area contributed by atoms with Gasteiger partial charge in [-0.15, -0.1) is 0 Å². The van der Waals surface area contributed by atoms with Gasteiger partial charge in [-0.2, -0.15) is 0 Å². The average molecular weight is 123 g/mol. The van der Waals surface area contributed by atoms with Gasteiger partial charge >= 0.3 is 0 Å². The summed E-state index contributed by atoms with van der Waals surface area (Å²) in [5.74, 6) is 0. The van der Waals surface area contributed by atoms with Gasteiger partial charge in [-0.05, 0) is 25.1 Å². The molecule has 1 saturated heterocycles. The summed E-state index contributed by atoms with van der Waals surface area (Å²) in [6.45, 7) is 8.14. The Morgan fingerprint density at radius 3 is 2.44 bits per heavy atom. The van der Waals surface area contributed by atoms with Crippen LogP contribution in [-0.4, -0.2) is 25.0 Å². The molecule has 1 fully saturated rings. The van der Waals surface area contributed by atoms with Crippen LogP contribution in [0.2, 0.25) is 0 Å². The van der Waals surface area contributed by atoms with Crippen LogP contribution in [0, 0.1) is 0 Å². The quantitative estimate of drug-likeness (QED) is 0.471. The van der Waals surface area contributed by atoms with Crippen molar-refractivity contribution in [2.45, 2.75) is 6.92 Å². The van der Waals surface area contributed by atoms with Gasteiger partial charge in [-0.3, -0.25) is 4.90 Å². The van der Waals surface area contributed by atoms with Gasteiger partial charge < -0.3 is 0 Å². The van der Waals surface area contributed by atoms with E-state index in [2.05, 4.69) is 31.5 Å². The summed E-state index contributed by atoms with van der Waals surface area (Å²) in [4.78, 5) is 2.26. The number of likely N-dealkylation sites (N-methyl/N-ethyl adjacent to an activating group) is 1. The fourth-order valence-corrected chi connectivity index (χ4v) is 1.18. The van der Waals surface area contributed by atoms with Crippen LogP contribution in [0.4, 0.5) is 0 Å². The third-order valence-corrected chi connectivity index (χ3v) is 1.70. The molecular formula is C8H13N. The standard InChI is InChI=1S/C8H13N/c1-4-8-6-9(3)5-7(8)2/h4H,2,5-6H2,1,3H3/b8-4-. The van der Waals surface area contributed by atoms with E-state index in [9.17, 15) is 0 Å². The lowest BCUT2D eigenvalue weighted by Crippen LogP contribution is -2.11. The Morgan fingerprint density at radius 1 is 1.56 bits per heavy atom. The number of likely N-dealkylation sites (tertiary alicyclic amines) is 1. The second-order valence-electron chi connectivity index (χ2n) is 2.59. The summed E-state index contributed by atoms with van der Waals surface area (Å²) >= 11 is 0. The summed E-state index contributed by atoms with van der Waals surface area (Å²) in [5, 5.41) is 0. The van der Waals surface area contributed by atoms with Gasteiger partial charge in [0.25, 0.3) is 0 Å². The van der Waals surface area contributed by atoms with Gasteiger partial charge in [0.1, 0.15) is 0 Å². The van der Waals surface area contributed by atoms with Crippen molar-refractivity contribution in [1.82, 2.24) is 4.90 Å². The zero-order valence-corrected chi connectivity index (χ0v) is 6.15. The van der Waals surface area contributed by atoms with E-state index in [4.69, 9.17) is 0 Å². The van der Waals surface area contributed by atoms with E-state index in [0.717, 1.165) is 13.1 Å². The number of hydrogen-bond donors (Lipinski definition) is 0. The third-order valence-electron chi connectivity index (χ3n) is 1.70.